The Balaban J connectivity index is 1.49. The van der Waals surface area contributed by atoms with Gasteiger partial charge in [0.15, 0.2) is 0 Å². The molecule has 0 saturated carbocycles. The van der Waals surface area contributed by atoms with Crippen molar-refractivity contribution in [2.75, 3.05) is 0 Å². The first kappa shape index (κ1) is 17.4. The SMILES string of the molecule is O=C(CC(c1cccs1)N1Cc2ccccc2C1=O)NCc1cccnc1. The van der Waals surface area contributed by atoms with Crippen LogP contribution >= 0.6 is 11.3 Å². The Labute approximate surface area is 161 Å². The Morgan fingerprint density at radius 2 is 2.07 bits per heavy atom. The minimum atomic E-state index is -0.265. The maximum Gasteiger partial charge on any atom is 0.255 e. The topological polar surface area (TPSA) is 62.3 Å². The zero-order chi connectivity index (χ0) is 18.6. The number of pyridine rings is 1. The van der Waals surface area contributed by atoms with Gasteiger partial charge < -0.3 is 10.2 Å². The van der Waals surface area contributed by atoms with Gasteiger partial charge in [-0.15, -0.1) is 11.3 Å². The highest BCUT2D eigenvalue weighted by atomic mass is 32.1. The number of nitrogens with zero attached hydrogens (tertiary/aromatic N) is 2. The second-order valence-electron chi connectivity index (χ2n) is 6.46. The van der Waals surface area contributed by atoms with Crippen LogP contribution in [0.2, 0.25) is 0 Å². The molecule has 0 bridgehead atoms. The van der Waals surface area contributed by atoms with Crippen LogP contribution in [0.3, 0.4) is 0 Å². The zero-order valence-corrected chi connectivity index (χ0v) is 15.5. The molecule has 0 aliphatic carbocycles. The fourth-order valence-electron chi connectivity index (χ4n) is 3.32. The maximum absolute atomic E-state index is 12.9. The summed E-state index contributed by atoms with van der Waals surface area (Å²) in [5.41, 5.74) is 2.69. The molecule has 1 aromatic carbocycles. The molecule has 5 nitrogen and oxygen atoms in total. The summed E-state index contributed by atoms with van der Waals surface area (Å²) in [5.74, 6) is -0.0925. The van der Waals surface area contributed by atoms with Crippen molar-refractivity contribution < 1.29 is 9.59 Å². The quantitative estimate of drug-likeness (QED) is 0.715. The fourth-order valence-corrected chi connectivity index (χ4v) is 4.16. The highest BCUT2D eigenvalue weighted by Crippen LogP contribution is 2.35. The van der Waals surface area contributed by atoms with Gasteiger partial charge in [0.1, 0.15) is 0 Å². The first-order valence-electron chi connectivity index (χ1n) is 8.80. The lowest BCUT2D eigenvalue weighted by atomic mass is 10.1. The molecule has 1 aliphatic heterocycles. The highest BCUT2D eigenvalue weighted by molar-refractivity contribution is 7.10. The molecule has 27 heavy (non-hydrogen) atoms. The molecular formula is C21H19N3O2S. The molecule has 4 rings (SSSR count). The van der Waals surface area contributed by atoms with Crippen LogP contribution in [0.5, 0.6) is 0 Å². The first-order valence-corrected chi connectivity index (χ1v) is 9.68. The monoisotopic (exact) mass is 377 g/mol. The number of amides is 2. The summed E-state index contributed by atoms with van der Waals surface area (Å²) < 4.78 is 0. The molecule has 1 aliphatic rings. The third kappa shape index (κ3) is 3.75. The van der Waals surface area contributed by atoms with Crippen molar-refractivity contribution >= 4 is 23.2 Å². The average molecular weight is 377 g/mol. The molecule has 1 N–H and O–H groups in total. The van der Waals surface area contributed by atoms with E-state index < -0.39 is 0 Å². The predicted octanol–water partition coefficient (Wildman–Crippen LogP) is 3.55. The number of nitrogens with one attached hydrogen (secondary N) is 1. The van der Waals surface area contributed by atoms with Crippen LogP contribution in [0.1, 0.15) is 38.8 Å². The van der Waals surface area contributed by atoms with Gasteiger partial charge in [0.05, 0.1) is 12.5 Å². The molecule has 3 aromatic rings. The van der Waals surface area contributed by atoms with Crippen LogP contribution in [0.25, 0.3) is 0 Å². The molecule has 0 radical (unpaired) electrons. The van der Waals surface area contributed by atoms with Crippen molar-refractivity contribution in [1.29, 1.82) is 0 Å². The largest absolute Gasteiger partial charge is 0.352 e. The van der Waals surface area contributed by atoms with E-state index in [9.17, 15) is 9.59 Å². The van der Waals surface area contributed by atoms with Gasteiger partial charge in [0.25, 0.3) is 5.91 Å². The van der Waals surface area contributed by atoms with Crippen molar-refractivity contribution in [3.63, 3.8) is 0 Å². The van der Waals surface area contributed by atoms with Gasteiger partial charge in [-0.2, -0.15) is 0 Å². The van der Waals surface area contributed by atoms with E-state index in [2.05, 4.69) is 10.3 Å². The lowest BCUT2D eigenvalue weighted by molar-refractivity contribution is -0.122. The van der Waals surface area contributed by atoms with E-state index in [0.29, 0.717) is 13.1 Å². The number of hydrogen-bond donors (Lipinski definition) is 1. The number of rotatable bonds is 6. The normalized spacial score (nSPS) is 14.1. The maximum atomic E-state index is 12.9. The molecule has 1 unspecified atom stereocenters. The molecular weight excluding hydrogens is 358 g/mol. The molecule has 0 saturated heterocycles. The van der Waals surface area contributed by atoms with Crippen LogP contribution in [0.4, 0.5) is 0 Å². The van der Waals surface area contributed by atoms with Crippen LogP contribution in [-0.2, 0) is 17.9 Å². The molecule has 136 valence electrons. The van der Waals surface area contributed by atoms with E-state index in [-0.39, 0.29) is 24.3 Å². The van der Waals surface area contributed by atoms with Crippen LogP contribution < -0.4 is 5.32 Å². The van der Waals surface area contributed by atoms with E-state index in [0.717, 1.165) is 21.6 Å². The molecule has 6 heteroatoms. The fraction of sp³-hybridized carbons (Fsp3) is 0.190. The molecule has 0 spiro atoms. The van der Waals surface area contributed by atoms with Crippen molar-refractivity contribution in [3.05, 3.63) is 87.9 Å². The minimum absolute atomic E-state index is 0.0101. The lowest BCUT2D eigenvalue weighted by Gasteiger charge is -2.26. The number of carbonyl (C=O) groups excluding carboxylic acids is 2. The Morgan fingerprint density at radius 3 is 2.81 bits per heavy atom. The smallest absolute Gasteiger partial charge is 0.255 e. The third-order valence-electron chi connectivity index (χ3n) is 4.69. The summed E-state index contributed by atoms with van der Waals surface area (Å²) >= 11 is 1.57. The summed E-state index contributed by atoms with van der Waals surface area (Å²) in [7, 11) is 0. The Bertz CT molecular complexity index is 941. The average Bonchev–Trinajstić information content (AvgIpc) is 3.34. The van der Waals surface area contributed by atoms with Gasteiger partial charge in [-0.05, 0) is 34.7 Å². The zero-order valence-electron chi connectivity index (χ0n) is 14.7. The standard InChI is InChI=1S/C21H19N3O2S/c25-20(23-13-15-5-3-9-22-12-15)11-18(19-8-4-10-27-19)24-14-16-6-1-2-7-17(16)21(24)26/h1-10,12,18H,11,13-14H2,(H,23,25). The van der Waals surface area contributed by atoms with Gasteiger partial charge in [0, 0.05) is 35.9 Å². The van der Waals surface area contributed by atoms with Gasteiger partial charge in [-0.25, -0.2) is 0 Å². The summed E-state index contributed by atoms with van der Waals surface area (Å²) in [6.07, 6.45) is 3.67. The molecule has 2 amide bonds. The molecule has 1 atom stereocenters. The molecule has 3 heterocycles. The second-order valence-corrected chi connectivity index (χ2v) is 7.44. The second kappa shape index (κ2) is 7.72. The number of benzene rings is 1. The van der Waals surface area contributed by atoms with Crippen LogP contribution in [0.15, 0.2) is 66.3 Å². The van der Waals surface area contributed by atoms with Gasteiger partial charge in [0.2, 0.25) is 5.91 Å². The van der Waals surface area contributed by atoms with Crippen molar-refractivity contribution in [2.45, 2.75) is 25.6 Å². The Kier molecular flexibility index (Phi) is 4.98. The van der Waals surface area contributed by atoms with E-state index in [1.54, 1.807) is 28.6 Å². The Morgan fingerprint density at radius 1 is 1.19 bits per heavy atom. The minimum Gasteiger partial charge on any atom is -0.352 e. The number of aromatic nitrogens is 1. The van der Waals surface area contributed by atoms with Crippen LogP contribution in [0, 0.1) is 0 Å². The number of fused-ring (bicyclic) bond motifs is 1. The van der Waals surface area contributed by atoms with Crippen molar-refractivity contribution in [2.24, 2.45) is 0 Å². The number of carbonyl (C=O) groups is 2. The van der Waals surface area contributed by atoms with Gasteiger partial charge in [-0.1, -0.05) is 30.3 Å². The van der Waals surface area contributed by atoms with Gasteiger partial charge >= 0.3 is 0 Å². The van der Waals surface area contributed by atoms with Crippen LogP contribution in [-0.4, -0.2) is 21.7 Å². The number of thiophene rings is 1. The van der Waals surface area contributed by atoms with Gasteiger partial charge in [-0.3, -0.25) is 14.6 Å². The molecule has 2 aromatic heterocycles. The summed E-state index contributed by atoms with van der Waals surface area (Å²) in [4.78, 5) is 32.4. The summed E-state index contributed by atoms with van der Waals surface area (Å²) in [6, 6.07) is 15.1. The molecule has 0 fully saturated rings. The predicted molar refractivity (Wildman–Crippen MR) is 104 cm³/mol. The summed E-state index contributed by atoms with van der Waals surface area (Å²) in [6.45, 7) is 0.964. The van der Waals surface area contributed by atoms with E-state index >= 15 is 0 Å². The van der Waals surface area contributed by atoms with E-state index in [1.165, 1.54) is 0 Å². The lowest BCUT2D eigenvalue weighted by Crippen LogP contribution is -2.33. The van der Waals surface area contributed by atoms with E-state index in [4.69, 9.17) is 0 Å². The Hall–Kier alpha value is -2.99. The first-order chi connectivity index (χ1) is 13.2. The highest BCUT2D eigenvalue weighted by Gasteiger charge is 2.34. The van der Waals surface area contributed by atoms with Crippen molar-refractivity contribution in [1.82, 2.24) is 15.2 Å². The third-order valence-corrected chi connectivity index (χ3v) is 5.66. The van der Waals surface area contributed by atoms with E-state index in [1.807, 2.05) is 53.9 Å². The summed E-state index contributed by atoms with van der Waals surface area (Å²) in [5, 5.41) is 4.91. The van der Waals surface area contributed by atoms with Crippen molar-refractivity contribution in [3.8, 4) is 0 Å². The number of hydrogen-bond acceptors (Lipinski definition) is 4.